The number of carbonyl (C=O) groups is 1. The maximum absolute atomic E-state index is 12.3. The van der Waals surface area contributed by atoms with Crippen molar-refractivity contribution in [2.24, 2.45) is 7.05 Å². The van der Waals surface area contributed by atoms with Gasteiger partial charge in [0.2, 0.25) is 0 Å². The molecule has 3 heterocycles. The third kappa shape index (κ3) is 4.70. The van der Waals surface area contributed by atoms with Crippen LogP contribution in [0.2, 0.25) is 0 Å². The van der Waals surface area contributed by atoms with Gasteiger partial charge in [0.05, 0.1) is 25.4 Å². The second-order valence-corrected chi connectivity index (χ2v) is 6.33. The van der Waals surface area contributed by atoms with E-state index >= 15 is 0 Å². The average Bonchev–Trinajstić information content (AvgIpc) is 3.15. The molecule has 0 spiro atoms. The zero-order chi connectivity index (χ0) is 17.6. The lowest BCUT2D eigenvalue weighted by molar-refractivity contribution is -0.00702. The fourth-order valence-corrected chi connectivity index (χ4v) is 2.98. The summed E-state index contributed by atoms with van der Waals surface area (Å²) < 4.78 is 12.7. The Morgan fingerprint density at radius 2 is 2.16 bits per heavy atom. The molecule has 2 aliphatic rings. The minimum Gasteiger partial charge on any atom is -0.376 e. The van der Waals surface area contributed by atoms with E-state index in [-0.39, 0.29) is 29.6 Å². The lowest BCUT2D eigenvalue weighted by Gasteiger charge is -2.33. The van der Waals surface area contributed by atoms with Gasteiger partial charge in [0, 0.05) is 45.7 Å². The number of morpholine rings is 1. The number of nitrogens with zero attached hydrogens (tertiary/aromatic N) is 3. The summed E-state index contributed by atoms with van der Waals surface area (Å²) >= 11 is 0. The summed E-state index contributed by atoms with van der Waals surface area (Å²) in [5, 5.41) is 5.94. The molecule has 0 bridgehead atoms. The molecule has 2 atom stereocenters. The standard InChI is InChI=1S/C16H25N5O4/c1-20-5-4-17-14(15(20)22)18-10-13-11-21(6-8-25-13)16(23)19-9-12-3-2-7-24-12/h4-5,12-13H,2-3,6-11H2,1H3,(H,17,18)(H,19,23)/t12-,13+/m1/s1. The number of aryl methyl sites for hydroxylation is 1. The van der Waals surface area contributed by atoms with E-state index in [9.17, 15) is 9.59 Å². The minimum atomic E-state index is -0.190. The summed E-state index contributed by atoms with van der Waals surface area (Å²) in [7, 11) is 1.67. The van der Waals surface area contributed by atoms with Crippen LogP contribution in [0, 0.1) is 0 Å². The van der Waals surface area contributed by atoms with E-state index in [4.69, 9.17) is 9.47 Å². The van der Waals surface area contributed by atoms with Crippen LogP contribution in [-0.2, 0) is 16.5 Å². The fraction of sp³-hybridized carbons (Fsp3) is 0.688. The van der Waals surface area contributed by atoms with Gasteiger partial charge in [0.25, 0.3) is 5.56 Å². The Kier molecular flexibility index (Phi) is 5.87. The van der Waals surface area contributed by atoms with E-state index in [1.165, 1.54) is 4.57 Å². The highest BCUT2D eigenvalue weighted by molar-refractivity contribution is 5.74. The Hall–Kier alpha value is -2.13. The summed E-state index contributed by atoms with van der Waals surface area (Å²) in [5.41, 5.74) is -0.190. The van der Waals surface area contributed by atoms with Crippen LogP contribution >= 0.6 is 0 Å². The number of nitrogens with one attached hydrogen (secondary N) is 2. The van der Waals surface area contributed by atoms with Gasteiger partial charge in [-0.25, -0.2) is 9.78 Å². The molecule has 9 nitrogen and oxygen atoms in total. The molecule has 0 unspecified atom stereocenters. The van der Waals surface area contributed by atoms with Crippen molar-refractivity contribution >= 4 is 11.8 Å². The van der Waals surface area contributed by atoms with Crippen LogP contribution in [0.25, 0.3) is 0 Å². The number of amides is 2. The highest BCUT2D eigenvalue weighted by Gasteiger charge is 2.25. The van der Waals surface area contributed by atoms with Crippen molar-refractivity contribution in [2.75, 3.05) is 44.7 Å². The van der Waals surface area contributed by atoms with Crippen molar-refractivity contribution in [2.45, 2.75) is 25.0 Å². The van der Waals surface area contributed by atoms with Gasteiger partial charge in [-0.05, 0) is 12.8 Å². The van der Waals surface area contributed by atoms with Gasteiger partial charge in [0.15, 0.2) is 5.82 Å². The molecular formula is C16H25N5O4. The van der Waals surface area contributed by atoms with E-state index in [1.54, 1.807) is 24.3 Å². The van der Waals surface area contributed by atoms with Crippen LogP contribution in [0.5, 0.6) is 0 Å². The number of aromatic nitrogens is 2. The van der Waals surface area contributed by atoms with Gasteiger partial charge < -0.3 is 29.6 Å². The molecule has 1 aromatic rings. The molecule has 0 aromatic carbocycles. The monoisotopic (exact) mass is 351 g/mol. The first-order valence-electron chi connectivity index (χ1n) is 8.65. The molecule has 0 saturated carbocycles. The Morgan fingerprint density at radius 1 is 1.32 bits per heavy atom. The lowest BCUT2D eigenvalue weighted by Crippen LogP contribution is -2.52. The number of anilines is 1. The van der Waals surface area contributed by atoms with Gasteiger partial charge in [0.1, 0.15) is 0 Å². The number of hydrogen-bond acceptors (Lipinski definition) is 6. The summed E-state index contributed by atoms with van der Waals surface area (Å²) in [4.78, 5) is 30.0. The largest absolute Gasteiger partial charge is 0.376 e. The molecule has 0 aliphatic carbocycles. The first-order chi connectivity index (χ1) is 12.1. The van der Waals surface area contributed by atoms with Crippen LogP contribution in [-0.4, -0.2) is 72.1 Å². The van der Waals surface area contributed by atoms with Gasteiger partial charge in [-0.3, -0.25) is 4.79 Å². The molecule has 1 aromatic heterocycles. The zero-order valence-electron chi connectivity index (χ0n) is 14.4. The van der Waals surface area contributed by atoms with Crippen LogP contribution < -0.4 is 16.2 Å². The second-order valence-electron chi connectivity index (χ2n) is 6.33. The maximum Gasteiger partial charge on any atom is 0.317 e. The minimum absolute atomic E-state index is 0.0995. The Labute approximate surface area is 146 Å². The summed E-state index contributed by atoms with van der Waals surface area (Å²) in [6.45, 7) is 3.24. The predicted molar refractivity (Wildman–Crippen MR) is 91.7 cm³/mol. The van der Waals surface area contributed by atoms with Crippen molar-refractivity contribution in [3.63, 3.8) is 0 Å². The molecule has 3 rings (SSSR count). The van der Waals surface area contributed by atoms with Crippen molar-refractivity contribution < 1.29 is 14.3 Å². The lowest BCUT2D eigenvalue weighted by atomic mass is 10.2. The van der Waals surface area contributed by atoms with Gasteiger partial charge >= 0.3 is 6.03 Å². The molecule has 2 fully saturated rings. The van der Waals surface area contributed by atoms with Crippen LogP contribution in [0.1, 0.15) is 12.8 Å². The van der Waals surface area contributed by atoms with Gasteiger partial charge in [-0.1, -0.05) is 0 Å². The number of rotatable bonds is 5. The summed E-state index contributed by atoms with van der Waals surface area (Å²) in [6, 6.07) is -0.0995. The fourth-order valence-electron chi connectivity index (χ4n) is 2.98. The first kappa shape index (κ1) is 17.7. The summed E-state index contributed by atoms with van der Waals surface area (Å²) in [6.07, 6.45) is 5.16. The molecule has 138 valence electrons. The Bertz CT molecular complexity index is 644. The van der Waals surface area contributed by atoms with Crippen molar-refractivity contribution in [1.82, 2.24) is 19.8 Å². The third-order valence-corrected chi connectivity index (χ3v) is 4.44. The highest BCUT2D eigenvalue weighted by Crippen LogP contribution is 2.11. The van der Waals surface area contributed by atoms with Crippen molar-refractivity contribution in [3.05, 3.63) is 22.7 Å². The molecule has 0 radical (unpaired) electrons. The normalized spacial score (nSPS) is 23.5. The topological polar surface area (TPSA) is 97.7 Å². The van der Waals surface area contributed by atoms with E-state index in [0.717, 1.165) is 19.4 Å². The molecule has 25 heavy (non-hydrogen) atoms. The Morgan fingerprint density at radius 3 is 2.96 bits per heavy atom. The number of hydrogen-bond donors (Lipinski definition) is 2. The van der Waals surface area contributed by atoms with Crippen LogP contribution in [0.3, 0.4) is 0 Å². The molecule has 2 N–H and O–H groups in total. The van der Waals surface area contributed by atoms with E-state index in [2.05, 4.69) is 15.6 Å². The molecule has 2 saturated heterocycles. The first-order valence-corrected chi connectivity index (χ1v) is 8.65. The molecular weight excluding hydrogens is 326 g/mol. The van der Waals surface area contributed by atoms with E-state index < -0.39 is 0 Å². The molecule has 9 heteroatoms. The average molecular weight is 351 g/mol. The van der Waals surface area contributed by atoms with Crippen molar-refractivity contribution in [3.8, 4) is 0 Å². The quantitative estimate of drug-likeness (QED) is 0.761. The SMILES string of the molecule is Cn1ccnc(NC[C@H]2CN(C(=O)NC[C@H]3CCCO3)CCO2)c1=O. The van der Waals surface area contributed by atoms with Gasteiger partial charge in [-0.2, -0.15) is 0 Å². The maximum atomic E-state index is 12.3. The van der Waals surface area contributed by atoms with Crippen LogP contribution in [0.15, 0.2) is 17.2 Å². The summed E-state index contributed by atoms with van der Waals surface area (Å²) in [5.74, 6) is 0.286. The highest BCUT2D eigenvalue weighted by atomic mass is 16.5. The Balaban J connectivity index is 1.46. The number of urea groups is 1. The zero-order valence-corrected chi connectivity index (χ0v) is 14.4. The van der Waals surface area contributed by atoms with E-state index in [0.29, 0.717) is 32.8 Å². The van der Waals surface area contributed by atoms with Gasteiger partial charge in [-0.15, -0.1) is 0 Å². The third-order valence-electron chi connectivity index (χ3n) is 4.44. The number of carbonyl (C=O) groups excluding carboxylic acids is 1. The predicted octanol–water partition coefficient (Wildman–Crippen LogP) is -0.218. The van der Waals surface area contributed by atoms with Crippen LogP contribution in [0.4, 0.5) is 10.6 Å². The van der Waals surface area contributed by atoms with Crippen molar-refractivity contribution in [1.29, 1.82) is 0 Å². The number of ether oxygens (including phenoxy) is 2. The molecule has 2 aliphatic heterocycles. The smallest absolute Gasteiger partial charge is 0.317 e. The van der Waals surface area contributed by atoms with E-state index in [1.807, 2.05) is 0 Å². The molecule has 2 amide bonds. The second kappa shape index (κ2) is 8.30.